The molecule has 0 N–H and O–H groups in total. The van der Waals surface area contributed by atoms with Crippen LogP contribution >= 0.6 is 0 Å². The molecule has 0 radical (unpaired) electrons. The van der Waals surface area contributed by atoms with Crippen molar-refractivity contribution in [1.82, 2.24) is 0 Å². The van der Waals surface area contributed by atoms with Crippen molar-refractivity contribution in [1.29, 1.82) is 0 Å². The average molecular weight is 247 g/mol. The van der Waals surface area contributed by atoms with Crippen molar-refractivity contribution in [3.8, 4) is 0 Å². The number of amides is 1. The van der Waals surface area contributed by atoms with Gasteiger partial charge in [-0.1, -0.05) is 17.7 Å². The van der Waals surface area contributed by atoms with E-state index in [0.29, 0.717) is 0 Å². The second-order valence-electron chi connectivity index (χ2n) is 4.73. The second-order valence-corrected chi connectivity index (χ2v) is 4.73. The van der Waals surface area contributed by atoms with E-state index in [1.54, 1.807) is 20.9 Å². The fraction of sp³-hybridized carbons (Fsp3) is 0.429. The van der Waals surface area contributed by atoms with Gasteiger partial charge in [-0.2, -0.15) is 0 Å². The maximum Gasteiger partial charge on any atom is 0.326 e. The van der Waals surface area contributed by atoms with Crippen molar-refractivity contribution in [2.45, 2.75) is 26.2 Å². The van der Waals surface area contributed by atoms with Gasteiger partial charge in [-0.25, -0.2) is 0 Å². The first kappa shape index (κ1) is 12.6. The van der Waals surface area contributed by atoms with Gasteiger partial charge in [0.2, 0.25) is 5.91 Å². The van der Waals surface area contributed by atoms with Crippen molar-refractivity contribution in [3.63, 3.8) is 0 Å². The van der Waals surface area contributed by atoms with E-state index >= 15 is 0 Å². The minimum atomic E-state index is -1.22. The zero-order valence-corrected chi connectivity index (χ0v) is 11.1. The van der Waals surface area contributed by atoms with Gasteiger partial charge < -0.3 is 9.64 Å². The number of ether oxygens (including phenoxy) is 1. The summed E-state index contributed by atoms with van der Waals surface area (Å²) in [5, 5.41) is 0. The number of fused-ring (bicyclic) bond motifs is 1. The Bertz CT molecular complexity index is 524. The fourth-order valence-corrected chi connectivity index (χ4v) is 2.38. The van der Waals surface area contributed by atoms with Gasteiger partial charge in [-0.3, -0.25) is 9.59 Å². The number of nitrogens with zero attached hydrogens (tertiary/aromatic N) is 1. The lowest BCUT2D eigenvalue weighted by atomic mass is 9.83. The van der Waals surface area contributed by atoms with Crippen LogP contribution in [0.5, 0.6) is 0 Å². The van der Waals surface area contributed by atoms with Crippen LogP contribution in [0, 0.1) is 6.92 Å². The molecular formula is C14H17NO3. The fourth-order valence-electron chi connectivity index (χ4n) is 2.38. The molecule has 1 amide bonds. The summed E-state index contributed by atoms with van der Waals surface area (Å²) in [5.41, 5.74) is 1.31. The van der Waals surface area contributed by atoms with Gasteiger partial charge >= 0.3 is 5.97 Å². The maximum absolute atomic E-state index is 12.3. The zero-order chi connectivity index (χ0) is 13.5. The van der Waals surface area contributed by atoms with Gasteiger partial charge in [-0.05, 0) is 26.8 Å². The Morgan fingerprint density at radius 2 is 2.11 bits per heavy atom. The number of hydrogen-bond acceptors (Lipinski definition) is 3. The van der Waals surface area contributed by atoms with Crippen molar-refractivity contribution in [2.24, 2.45) is 0 Å². The van der Waals surface area contributed by atoms with Gasteiger partial charge in [0.05, 0.1) is 6.61 Å². The molecule has 1 unspecified atom stereocenters. The molecule has 1 aliphatic rings. The predicted octanol–water partition coefficient (Wildman–Crippen LogP) is 1.79. The molecule has 1 atom stereocenters. The lowest BCUT2D eigenvalue weighted by Gasteiger charge is -2.20. The SMILES string of the molecule is CCOC(=O)C1(C)C(=O)N(C)c2ccc(C)cc21. The van der Waals surface area contributed by atoms with E-state index in [2.05, 4.69) is 0 Å². The Morgan fingerprint density at radius 3 is 2.72 bits per heavy atom. The van der Waals surface area contributed by atoms with Crippen LogP contribution < -0.4 is 4.90 Å². The smallest absolute Gasteiger partial charge is 0.326 e. The quantitative estimate of drug-likeness (QED) is 0.591. The molecule has 96 valence electrons. The Labute approximate surface area is 107 Å². The van der Waals surface area contributed by atoms with E-state index in [9.17, 15) is 9.59 Å². The minimum Gasteiger partial charge on any atom is -0.465 e. The summed E-state index contributed by atoms with van der Waals surface area (Å²) < 4.78 is 5.06. The Hall–Kier alpha value is -1.84. The number of rotatable bonds is 2. The van der Waals surface area contributed by atoms with E-state index in [1.807, 2.05) is 25.1 Å². The van der Waals surface area contributed by atoms with Gasteiger partial charge in [-0.15, -0.1) is 0 Å². The average Bonchev–Trinajstić information content (AvgIpc) is 2.53. The van der Waals surface area contributed by atoms with E-state index in [4.69, 9.17) is 4.74 Å². The number of carbonyl (C=O) groups excluding carboxylic acids is 2. The topological polar surface area (TPSA) is 46.6 Å². The number of esters is 1. The van der Waals surface area contributed by atoms with Crippen LogP contribution in [-0.2, 0) is 19.7 Å². The molecule has 0 saturated carbocycles. The summed E-state index contributed by atoms with van der Waals surface area (Å²) in [7, 11) is 1.68. The molecule has 0 aliphatic carbocycles. The number of anilines is 1. The summed E-state index contributed by atoms with van der Waals surface area (Å²) in [6.45, 7) is 5.58. The first-order valence-corrected chi connectivity index (χ1v) is 5.99. The maximum atomic E-state index is 12.3. The first-order chi connectivity index (χ1) is 8.42. The molecule has 1 aliphatic heterocycles. The van der Waals surface area contributed by atoms with Gasteiger partial charge in [0.15, 0.2) is 5.41 Å². The largest absolute Gasteiger partial charge is 0.465 e. The van der Waals surface area contributed by atoms with Crippen molar-refractivity contribution < 1.29 is 14.3 Å². The third kappa shape index (κ3) is 1.52. The minimum absolute atomic E-state index is 0.235. The highest BCUT2D eigenvalue weighted by atomic mass is 16.5. The predicted molar refractivity (Wildman–Crippen MR) is 68.6 cm³/mol. The lowest BCUT2D eigenvalue weighted by molar-refractivity contribution is -0.152. The van der Waals surface area contributed by atoms with Crippen molar-refractivity contribution in [2.75, 3.05) is 18.6 Å². The summed E-state index contributed by atoms with van der Waals surface area (Å²) in [6, 6.07) is 5.68. The highest BCUT2D eigenvalue weighted by Gasteiger charge is 2.52. The summed E-state index contributed by atoms with van der Waals surface area (Å²) in [4.78, 5) is 26.0. The molecule has 0 spiro atoms. The molecule has 1 aromatic carbocycles. The van der Waals surface area contributed by atoms with E-state index in [-0.39, 0.29) is 12.5 Å². The molecular weight excluding hydrogens is 230 g/mol. The number of likely N-dealkylation sites (N-methyl/N-ethyl adjacent to an activating group) is 1. The number of benzene rings is 1. The monoisotopic (exact) mass is 247 g/mol. The third-order valence-corrected chi connectivity index (χ3v) is 3.47. The van der Waals surface area contributed by atoms with Gasteiger partial charge in [0.25, 0.3) is 0 Å². The van der Waals surface area contributed by atoms with Crippen molar-refractivity contribution in [3.05, 3.63) is 29.3 Å². The molecule has 0 bridgehead atoms. The normalized spacial score (nSPS) is 22.0. The van der Waals surface area contributed by atoms with E-state index in [0.717, 1.165) is 16.8 Å². The summed E-state index contributed by atoms with van der Waals surface area (Å²) >= 11 is 0. The molecule has 2 rings (SSSR count). The highest BCUT2D eigenvalue weighted by Crippen LogP contribution is 2.42. The number of hydrogen-bond donors (Lipinski definition) is 0. The molecule has 18 heavy (non-hydrogen) atoms. The Balaban J connectivity index is 2.60. The standard InChI is InChI=1S/C14H17NO3/c1-5-18-13(17)14(3)10-8-9(2)6-7-11(10)15(4)12(14)16/h6-8H,5H2,1-4H3. The molecule has 0 saturated heterocycles. The lowest BCUT2D eigenvalue weighted by Crippen LogP contribution is -2.43. The number of aryl methyl sites for hydroxylation is 1. The van der Waals surface area contributed by atoms with Crippen LogP contribution in [0.15, 0.2) is 18.2 Å². The first-order valence-electron chi connectivity index (χ1n) is 5.99. The van der Waals surface area contributed by atoms with Crippen LogP contribution in [0.25, 0.3) is 0 Å². The Morgan fingerprint density at radius 1 is 1.44 bits per heavy atom. The Kier molecular flexibility index (Phi) is 2.89. The van der Waals surface area contributed by atoms with Crippen LogP contribution in [0.4, 0.5) is 5.69 Å². The van der Waals surface area contributed by atoms with Crippen LogP contribution in [0.2, 0.25) is 0 Å². The van der Waals surface area contributed by atoms with Gasteiger partial charge in [0.1, 0.15) is 0 Å². The summed E-state index contributed by atoms with van der Waals surface area (Å²) in [6.07, 6.45) is 0. The van der Waals surface area contributed by atoms with Crippen molar-refractivity contribution >= 4 is 17.6 Å². The van der Waals surface area contributed by atoms with Crippen LogP contribution in [-0.4, -0.2) is 25.5 Å². The molecule has 4 heteroatoms. The van der Waals surface area contributed by atoms with E-state index < -0.39 is 11.4 Å². The summed E-state index contributed by atoms with van der Waals surface area (Å²) in [5.74, 6) is -0.715. The highest BCUT2D eigenvalue weighted by molar-refractivity contribution is 6.19. The van der Waals surface area contributed by atoms with Crippen LogP contribution in [0.1, 0.15) is 25.0 Å². The molecule has 1 aromatic rings. The molecule has 0 fully saturated rings. The molecule has 4 nitrogen and oxygen atoms in total. The van der Waals surface area contributed by atoms with E-state index in [1.165, 1.54) is 4.90 Å². The zero-order valence-electron chi connectivity index (χ0n) is 11.1. The van der Waals surface area contributed by atoms with Gasteiger partial charge in [0, 0.05) is 18.3 Å². The molecule has 0 aromatic heterocycles. The second kappa shape index (κ2) is 4.12. The van der Waals surface area contributed by atoms with Crippen LogP contribution in [0.3, 0.4) is 0 Å². The third-order valence-electron chi connectivity index (χ3n) is 3.47. The molecule has 1 heterocycles. The number of carbonyl (C=O) groups is 2.